The van der Waals surface area contributed by atoms with Crippen LogP contribution in [0.1, 0.15) is 17.3 Å². The van der Waals surface area contributed by atoms with Crippen LogP contribution in [0.25, 0.3) is 22.4 Å². The smallest absolute Gasteiger partial charge is 0.205 e. The van der Waals surface area contributed by atoms with Gasteiger partial charge in [-0.3, -0.25) is 0 Å². The number of hydrogen-bond donors (Lipinski definition) is 0. The van der Waals surface area contributed by atoms with E-state index in [0.29, 0.717) is 23.1 Å². The van der Waals surface area contributed by atoms with Crippen molar-refractivity contribution in [1.82, 2.24) is 19.9 Å². The van der Waals surface area contributed by atoms with Crippen molar-refractivity contribution in [3.05, 3.63) is 66.1 Å². The third-order valence-corrected chi connectivity index (χ3v) is 4.75. The van der Waals surface area contributed by atoms with Crippen molar-refractivity contribution in [1.29, 1.82) is 0 Å². The molecule has 3 aromatic heterocycles. The molecule has 0 bridgehead atoms. The van der Waals surface area contributed by atoms with Crippen LogP contribution in [-0.2, 0) is 5.75 Å². The van der Waals surface area contributed by atoms with Crippen molar-refractivity contribution in [2.24, 2.45) is 0 Å². The number of pyridine rings is 1. The SMILES string of the molecule is Cc1ccc(-c2cnc(CSc3nc(C)nc4ncccc34)o2)cc1. The first-order chi connectivity index (χ1) is 12.2. The number of fused-ring (bicyclic) bond motifs is 1. The van der Waals surface area contributed by atoms with Gasteiger partial charge in [0.25, 0.3) is 0 Å². The molecule has 0 aliphatic carbocycles. The molecule has 25 heavy (non-hydrogen) atoms. The zero-order valence-corrected chi connectivity index (χ0v) is 14.7. The number of nitrogens with zero attached hydrogens (tertiary/aromatic N) is 4. The molecule has 0 saturated carbocycles. The number of aryl methyl sites for hydroxylation is 2. The molecule has 0 aliphatic heterocycles. The monoisotopic (exact) mass is 348 g/mol. The van der Waals surface area contributed by atoms with Gasteiger partial charge in [0.1, 0.15) is 10.9 Å². The number of benzene rings is 1. The highest BCUT2D eigenvalue weighted by atomic mass is 32.2. The van der Waals surface area contributed by atoms with Crippen LogP contribution in [0.2, 0.25) is 0 Å². The normalized spacial score (nSPS) is 11.1. The van der Waals surface area contributed by atoms with Gasteiger partial charge in [-0.2, -0.15) is 0 Å². The van der Waals surface area contributed by atoms with Gasteiger partial charge in [-0.1, -0.05) is 41.6 Å². The van der Waals surface area contributed by atoms with Gasteiger partial charge >= 0.3 is 0 Å². The Balaban J connectivity index is 1.55. The molecule has 3 heterocycles. The lowest BCUT2D eigenvalue weighted by Gasteiger charge is -2.04. The van der Waals surface area contributed by atoms with E-state index in [9.17, 15) is 0 Å². The van der Waals surface area contributed by atoms with Crippen molar-refractivity contribution >= 4 is 22.8 Å². The molecule has 0 aliphatic rings. The Morgan fingerprint density at radius 3 is 2.68 bits per heavy atom. The minimum atomic E-state index is 0.603. The molecule has 4 rings (SSSR count). The molecule has 4 aromatic rings. The maximum absolute atomic E-state index is 5.88. The van der Waals surface area contributed by atoms with E-state index in [1.54, 1.807) is 24.2 Å². The average Bonchev–Trinajstić information content (AvgIpc) is 3.09. The molecule has 0 saturated heterocycles. The predicted molar refractivity (Wildman–Crippen MR) is 98.3 cm³/mol. The Bertz CT molecular complexity index is 1030. The Kier molecular flexibility index (Phi) is 4.19. The summed E-state index contributed by atoms with van der Waals surface area (Å²) in [6, 6.07) is 12.1. The summed E-state index contributed by atoms with van der Waals surface area (Å²) in [5.74, 6) is 2.77. The quantitative estimate of drug-likeness (QED) is 0.397. The Morgan fingerprint density at radius 2 is 1.84 bits per heavy atom. The van der Waals surface area contributed by atoms with Crippen LogP contribution in [0, 0.1) is 13.8 Å². The highest BCUT2D eigenvalue weighted by Gasteiger charge is 2.11. The Labute approximate surface area is 149 Å². The molecule has 0 unspecified atom stereocenters. The molecule has 0 spiro atoms. The third-order valence-electron chi connectivity index (χ3n) is 3.77. The molecular weight excluding hydrogens is 332 g/mol. The van der Waals surface area contributed by atoms with E-state index >= 15 is 0 Å². The van der Waals surface area contributed by atoms with Crippen molar-refractivity contribution in [2.75, 3.05) is 0 Å². The van der Waals surface area contributed by atoms with Crippen molar-refractivity contribution in [2.45, 2.75) is 24.6 Å². The number of thioether (sulfide) groups is 1. The fourth-order valence-corrected chi connectivity index (χ4v) is 3.41. The van der Waals surface area contributed by atoms with Crippen LogP contribution in [-0.4, -0.2) is 19.9 Å². The van der Waals surface area contributed by atoms with E-state index in [1.807, 2.05) is 31.2 Å². The molecule has 124 valence electrons. The topological polar surface area (TPSA) is 64.7 Å². The molecule has 1 aromatic carbocycles. The fourth-order valence-electron chi connectivity index (χ4n) is 2.51. The van der Waals surface area contributed by atoms with Crippen LogP contribution in [0.3, 0.4) is 0 Å². The van der Waals surface area contributed by atoms with E-state index in [4.69, 9.17) is 4.42 Å². The van der Waals surface area contributed by atoms with Gasteiger partial charge in [-0.25, -0.2) is 19.9 Å². The lowest BCUT2D eigenvalue weighted by Crippen LogP contribution is -1.94. The van der Waals surface area contributed by atoms with Gasteiger partial charge in [0.05, 0.1) is 17.3 Å². The molecule has 6 heteroatoms. The Morgan fingerprint density at radius 1 is 1.00 bits per heavy atom. The maximum atomic E-state index is 5.88. The molecule has 0 fully saturated rings. The lowest BCUT2D eigenvalue weighted by molar-refractivity contribution is 0.530. The molecule has 0 atom stereocenters. The molecular formula is C19H16N4OS. The standard InChI is InChI=1S/C19H16N4OS/c1-12-5-7-14(8-6-12)16-10-21-17(24-16)11-25-19-15-4-3-9-20-18(15)22-13(2)23-19/h3-10H,11H2,1-2H3. The number of oxazole rings is 1. The van der Waals surface area contributed by atoms with Crippen LogP contribution in [0.5, 0.6) is 0 Å². The van der Waals surface area contributed by atoms with E-state index < -0.39 is 0 Å². The minimum Gasteiger partial charge on any atom is -0.440 e. The molecule has 0 N–H and O–H groups in total. The van der Waals surface area contributed by atoms with Crippen LogP contribution >= 0.6 is 11.8 Å². The van der Waals surface area contributed by atoms with Crippen molar-refractivity contribution in [3.63, 3.8) is 0 Å². The second-order valence-electron chi connectivity index (χ2n) is 5.72. The molecule has 0 amide bonds. The van der Waals surface area contributed by atoms with Gasteiger partial charge in [0.2, 0.25) is 5.89 Å². The first-order valence-electron chi connectivity index (χ1n) is 7.93. The number of hydrogen-bond acceptors (Lipinski definition) is 6. The Hall–Kier alpha value is -2.73. The highest BCUT2D eigenvalue weighted by molar-refractivity contribution is 7.98. The zero-order chi connectivity index (χ0) is 17.2. The number of aromatic nitrogens is 4. The van der Waals surface area contributed by atoms with E-state index in [0.717, 1.165) is 21.7 Å². The van der Waals surface area contributed by atoms with E-state index in [-0.39, 0.29) is 0 Å². The first-order valence-corrected chi connectivity index (χ1v) is 8.91. The maximum Gasteiger partial charge on any atom is 0.205 e. The third kappa shape index (κ3) is 3.39. The fraction of sp³-hybridized carbons (Fsp3) is 0.158. The second kappa shape index (κ2) is 6.64. The summed E-state index contributed by atoms with van der Waals surface area (Å²) in [6.45, 7) is 3.94. The summed E-state index contributed by atoms with van der Waals surface area (Å²) >= 11 is 1.58. The van der Waals surface area contributed by atoms with E-state index in [1.165, 1.54) is 5.56 Å². The first kappa shape index (κ1) is 15.8. The van der Waals surface area contributed by atoms with Crippen LogP contribution in [0.15, 0.2) is 58.2 Å². The minimum absolute atomic E-state index is 0.603. The zero-order valence-electron chi connectivity index (χ0n) is 13.9. The second-order valence-corrected chi connectivity index (χ2v) is 6.69. The summed E-state index contributed by atoms with van der Waals surface area (Å²) in [6.07, 6.45) is 3.51. The highest BCUT2D eigenvalue weighted by Crippen LogP contribution is 2.28. The average molecular weight is 348 g/mol. The van der Waals surface area contributed by atoms with Crippen molar-refractivity contribution in [3.8, 4) is 11.3 Å². The van der Waals surface area contributed by atoms with Gasteiger partial charge < -0.3 is 4.42 Å². The van der Waals surface area contributed by atoms with Crippen LogP contribution in [0.4, 0.5) is 0 Å². The number of rotatable bonds is 4. The van der Waals surface area contributed by atoms with Gasteiger partial charge in [-0.05, 0) is 26.0 Å². The molecule has 0 radical (unpaired) electrons. The summed E-state index contributed by atoms with van der Waals surface area (Å²) in [5, 5.41) is 1.84. The van der Waals surface area contributed by atoms with Gasteiger partial charge in [0.15, 0.2) is 11.4 Å². The van der Waals surface area contributed by atoms with Gasteiger partial charge in [0, 0.05) is 11.8 Å². The summed E-state index contributed by atoms with van der Waals surface area (Å²) < 4.78 is 5.88. The lowest BCUT2D eigenvalue weighted by atomic mass is 10.1. The summed E-state index contributed by atoms with van der Waals surface area (Å²) in [5.41, 5.74) is 2.96. The summed E-state index contributed by atoms with van der Waals surface area (Å²) in [4.78, 5) is 17.6. The van der Waals surface area contributed by atoms with Gasteiger partial charge in [-0.15, -0.1) is 0 Å². The summed E-state index contributed by atoms with van der Waals surface area (Å²) in [7, 11) is 0. The predicted octanol–water partition coefficient (Wildman–Crippen LogP) is 4.59. The largest absolute Gasteiger partial charge is 0.440 e. The van der Waals surface area contributed by atoms with Crippen molar-refractivity contribution < 1.29 is 4.42 Å². The van der Waals surface area contributed by atoms with E-state index in [2.05, 4.69) is 39.0 Å². The molecule has 5 nitrogen and oxygen atoms in total. The van der Waals surface area contributed by atoms with Crippen LogP contribution < -0.4 is 0 Å².